The van der Waals surface area contributed by atoms with Gasteiger partial charge in [0.05, 0.1) is 10.0 Å². The fraction of sp³-hybridized carbons (Fsp3) is 0.385. The number of benzene rings is 1. The van der Waals surface area contributed by atoms with Crippen LogP contribution >= 0.6 is 23.2 Å². The number of halogens is 2. The summed E-state index contributed by atoms with van der Waals surface area (Å²) < 4.78 is 0. The van der Waals surface area contributed by atoms with Gasteiger partial charge in [-0.15, -0.1) is 0 Å². The maximum absolute atomic E-state index is 6.02. The van der Waals surface area contributed by atoms with Gasteiger partial charge in [-0.3, -0.25) is 0 Å². The molecule has 0 bridgehead atoms. The molecule has 1 aromatic rings. The lowest BCUT2D eigenvalue weighted by Crippen LogP contribution is -2.06. The Labute approximate surface area is 101 Å². The molecule has 0 nitrogen and oxygen atoms in total. The Bertz CT molecular complexity index is 382. The van der Waals surface area contributed by atoms with Crippen LogP contribution in [-0.2, 0) is 0 Å². The van der Waals surface area contributed by atoms with Crippen molar-refractivity contribution in [3.05, 3.63) is 46.0 Å². The third-order valence-corrected chi connectivity index (χ3v) is 3.77. The quantitative estimate of drug-likeness (QED) is 0.592. The van der Waals surface area contributed by atoms with Gasteiger partial charge in [-0.2, -0.15) is 0 Å². The van der Waals surface area contributed by atoms with E-state index in [0.717, 1.165) is 6.42 Å². The first kappa shape index (κ1) is 11.0. The highest BCUT2D eigenvalue weighted by molar-refractivity contribution is 6.42. The fourth-order valence-corrected chi connectivity index (χ4v) is 2.51. The van der Waals surface area contributed by atoms with E-state index >= 15 is 0 Å². The van der Waals surface area contributed by atoms with E-state index in [1.165, 1.54) is 30.4 Å². The third-order valence-electron chi connectivity index (χ3n) is 3.03. The highest BCUT2D eigenvalue weighted by atomic mass is 35.5. The van der Waals surface area contributed by atoms with E-state index in [1.807, 2.05) is 12.1 Å². The third kappa shape index (κ3) is 2.56. The Morgan fingerprint density at radius 3 is 2.67 bits per heavy atom. The van der Waals surface area contributed by atoms with Crippen molar-refractivity contribution in [2.45, 2.75) is 31.6 Å². The first-order chi connectivity index (χ1) is 7.16. The average molecular weight is 241 g/mol. The highest BCUT2D eigenvalue weighted by Gasteiger charge is 2.18. The molecule has 1 atom stereocenters. The van der Waals surface area contributed by atoms with Gasteiger partial charge in [0.25, 0.3) is 0 Å². The summed E-state index contributed by atoms with van der Waals surface area (Å²) in [6, 6.07) is 5.96. The molecule has 2 heteroatoms. The minimum Gasteiger partial charge on any atom is -0.0998 e. The molecule has 0 saturated heterocycles. The first-order valence-electron chi connectivity index (χ1n) is 5.28. The van der Waals surface area contributed by atoms with Crippen LogP contribution in [0.25, 0.3) is 0 Å². The van der Waals surface area contributed by atoms with Crippen molar-refractivity contribution in [2.24, 2.45) is 0 Å². The predicted molar refractivity (Wildman–Crippen MR) is 66.8 cm³/mol. The number of hydrogen-bond donors (Lipinski definition) is 0. The standard InChI is InChI=1S/C13H14Cl2/c1-9-3-2-4-10(7-9)11-5-6-12(14)13(15)8-11/h5-6,8,10H,1-4,7H2. The molecule has 0 amide bonds. The van der Waals surface area contributed by atoms with Crippen LogP contribution in [0.1, 0.15) is 37.2 Å². The van der Waals surface area contributed by atoms with Gasteiger partial charge < -0.3 is 0 Å². The molecule has 15 heavy (non-hydrogen) atoms. The summed E-state index contributed by atoms with van der Waals surface area (Å²) in [4.78, 5) is 0. The van der Waals surface area contributed by atoms with Crippen molar-refractivity contribution in [1.82, 2.24) is 0 Å². The molecule has 1 fully saturated rings. The first-order valence-corrected chi connectivity index (χ1v) is 6.04. The Balaban J connectivity index is 2.21. The second-order valence-electron chi connectivity index (χ2n) is 4.22. The van der Waals surface area contributed by atoms with Crippen LogP contribution in [0.2, 0.25) is 10.0 Å². The van der Waals surface area contributed by atoms with Gasteiger partial charge in [-0.05, 0) is 49.3 Å². The van der Waals surface area contributed by atoms with Crippen LogP contribution in [0.3, 0.4) is 0 Å². The average Bonchev–Trinajstić information content (AvgIpc) is 2.22. The maximum atomic E-state index is 6.02. The number of hydrogen-bond acceptors (Lipinski definition) is 0. The van der Waals surface area contributed by atoms with Gasteiger partial charge in [-0.25, -0.2) is 0 Å². The van der Waals surface area contributed by atoms with Crippen LogP contribution in [0.15, 0.2) is 30.4 Å². The molecule has 1 saturated carbocycles. The summed E-state index contributed by atoms with van der Waals surface area (Å²) in [6.07, 6.45) is 4.75. The smallest absolute Gasteiger partial charge is 0.0595 e. The lowest BCUT2D eigenvalue weighted by molar-refractivity contribution is 0.524. The fourth-order valence-electron chi connectivity index (χ4n) is 2.20. The Hall–Kier alpha value is -0.460. The molecule has 0 aliphatic heterocycles. The topological polar surface area (TPSA) is 0 Å². The molecule has 1 unspecified atom stereocenters. The van der Waals surface area contributed by atoms with E-state index in [9.17, 15) is 0 Å². The van der Waals surface area contributed by atoms with Crippen molar-refractivity contribution >= 4 is 23.2 Å². The van der Waals surface area contributed by atoms with Crippen LogP contribution in [0.5, 0.6) is 0 Å². The molecule has 2 rings (SSSR count). The minimum atomic E-state index is 0.584. The lowest BCUT2D eigenvalue weighted by atomic mass is 9.82. The zero-order chi connectivity index (χ0) is 10.8. The normalized spacial score (nSPS) is 21.7. The summed E-state index contributed by atoms with van der Waals surface area (Å²) in [6.45, 7) is 4.07. The summed E-state index contributed by atoms with van der Waals surface area (Å²) in [5.41, 5.74) is 2.66. The maximum Gasteiger partial charge on any atom is 0.0595 e. The zero-order valence-corrected chi connectivity index (χ0v) is 10.1. The summed E-state index contributed by atoms with van der Waals surface area (Å²) in [7, 11) is 0. The van der Waals surface area contributed by atoms with E-state index in [-0.39, 0.29) is 0 Å². The van der Waals surface area contributed by atoms with Gasteiger partial charge in [0.1, 0.15) is 0 Å². The second-order valence-corrected chi connectivity index (χ2v) is 5.03. The monoisotopic (exact) mass is 240 g/mol. The Morgan fingerprint density at radius 2 is 2.00 bits per heavy atom. The summed E-state index contributed by atoms with van der Waals surface area (Å²) in [5, 5.41) is 1.29. The van der Waals surface area contributed by atoms with E-state index in [0.29, 0.717) is 16.0 Å². The van der Waals surface area contributed by atoms with Gasteiger partial charge in [0.2, 0.25) is 0 Å². The van der Waals surface area contributed by atoms with Gasteiger partial charge in [0, 0.05) is 0 Å². The lowest BCUT2D eigenvalue weighted by Gasteiger charge is -2.24. The van der Waals surface area contributed by atoms with Crippen molar-refractivity contribution in [1.29, 1.82) is 0 Å². The number of rotatable bonds is 1. The van der Waals surface area contributed by atoms with Crippen molar-refractivity contribution in [2.75, 3.05) is 0 Å². The van der Waals surface area contributed by atoms with E-state index in [1.54, 1.807) is 0 Å². The van der Waals surface area contributed by atoms with Crippen molar-refractivity contribution < 1.29 is 0 Å². The Kier molecular flexibility index (Phi) is 3.38. The van der Waals surface area contributed by atoms with Crippen LogP contribution in [-0.4, -0.2) is 0 Å². The molecule has 80 valence electrons. The van der Waals surface area contributed by atoms with E-state index in [2.05, 4.69) is 12.6 Å². The van der Waals surface area contributed by atoms with Gasteiger partial charge in [0.15, 0.2) is 0 Å². The van der Waals surface area contributed by atoms with E-state index in [4.69, 9.17) is 23.2 Å². The molecule has 0 spiro atoms. The molecule has 0 N–H and O–H groups in total. The second kappa shape index (κ2) is 4.59. The van der Waals surface area contributed by atoms with Gasteiger partial charge in [-0.1, -0.05) is 41.4 Å². The molecule has 1 aliphatic rings. The molecule has 0 aromatic heterocycles. The van der Waals surface area contributed by atoms with Crippen molar-refractivity contribution in [3.8, 4) is 0 Å². The van der Waals surface area contributed by atoms with Crippen molar-refractivity contribution in [3.63, 3.8) is 0 Å². The van der Waals surface area contributed by atoms with Crippen LogP contribution < -0.4 is 0 Å². The number of allylic oxidation sites excluding steroid dienone is 1. The zero-order valence-electron chi connectivity index (χ0n) is 8.60. The molecule has 0 radical (unpaired) electrons. The predicted octanol–water partition coefficient (Wildman–Crippen LogP) is 5.21. The Morgan fingerprint density at radius 1 is 1.20 bits per heavy atom. The van der Waals surface area contributed by atoms with Crippen LogP contribution in [0, 0.1) is 0 Å². The van der Waals surface area contributed by atoms with Gasteiger partial charge >= 0.3 is 0 Å². The van der Waals surface area contributed by atoms with E-state index < -0.39 is 0 Å². The molecular formula is C13H14Cl2. The molecule has 1 aromatic carbocycles. The SMILES string of the molecule is C=C1CCCC(c2ccc(Cl)c(Cl)c2)C1. The largest absolute Gasteiger partial charge is 0.0998 e. The summed E-state index contributed by atoms with van der Waals surface area (Å²) in [5.74, 6) is 0.584. The molecule has 1 aliphatic carbocycles. The summed E-state index contributed by atoms with van der Waals surface area (Å²) >= 11 is 11.9. The molecule has 0 heterocycles. The van der Waals surface area contributed by atoms with Crippen LogP contribution in [0.4, 0.5) is 0 Å². The highest BCUT2D eigenvalue weighted by Crippen LogP contribution is 2.36. The molecular weight excluding hydrogens is 227 g/mol. The minimum absolute atomic E-state index is 0.584.